The van der Waals surface area contributed by atoms with Crippen LogP contribution in [0.4, 0.5) is 10.1 Å². The Hall–Kier alpha value is -1.04. The molecule has 0 radical (unpaired) electrons. The maximum atomic E-state index is 13.0. The third-order valence-electron chi connectivity index (χ3n) is 2.32. The van der Waals surface area contributed by atoms with Gasteiger partial charge in [-0.15, -0.1) is 0 Å². The summed E-state index contributed by atoms with van der Waals surface area (Å²) in [5.41, 5.74) is 0.597. The predicted molar refractivity (Wildman–Crippen MR) is 71.1 cm³/mol. The molecule has 0 aliphatic rings. The Kier molecular flexibility index (Phi) is 4.27. The van der Waals surface area contributed by atoms with E-state index in [4.69, 9.17) is 21.1 Å². The van der Waals surface area contributed by atoms with Gasteiger partial charge in [-0.05, 0) is 40.2 Å². The van der Waals surface area contributed by atoms with Gasteiger partial charge in [0.05, 0.1) is 17.3 Å². The lowest BCUT2D eigenvalue weighted by atomic mass is 10.3. The Morgan fingerprint density at radius 3 is 2.67 bits per heavy atom. The van der Waals surface area contributed by atoms with Crippen molar-refractivity contribution >= 4 is 33.2 Å². The molecule has 2 aromatic rings. The van der Waals surface area contributed by atoms with Crippen molar-refractivity contribution in [3.05, 3.63) is 51.1 Å². The van der Waals surface area contributed by atoms with Crippen LogP contribution in [0.25, 0.3) is 0 Å². The molecule has 0 spiro atoms. The number of anilines is 1. The molecule has 6 heteroatoms. The molecule has 0 atom stereocenters. The SMILES string of the molecule is OCc1ccc(CNc2c(Cl)cc(F)cc2Br)o1. The summed E-state index contributed by atoms with van der Waals surface area (Å²) in [7, 11) is 0. The average molecular weight is 335 g/mol. The van der Waals surface area contributed by atoms with Gasteiger partial charge in [-0.3, -0.25) is 0 Å². The molecule has 0 unspecified atom stereocenters. The van der Waals surface area contributed by atoms with Crippen LogP contribution in [0.1, 0.15) is 11.5 Å². The Morgan fingerprint density at radius 1 is 1.33 bits per heavy atom. The number of hydrogen-bond acceptors (Lipinski definition) is 3. The van der Waals surface area contributed by atoms with Gasteiger partial charge in [-0.25, -0.2) is 4.39 Å². The van der Waals surface area contributed by atoms with Crippen LogP contribution in [0.15, 0.2) is 33.2 Å². The van der Waals surface area contributed by atoms with E-state index in [2.05, 4.69) is 21.2 Å². The molecular weight excluding hydrogens is 324 g/mol. The minimum Gasteiger partial charge on any atom is -0.462 e. The number of aliphatic hydroxyl groups is 1. The molecule has 18 heavy (non-hydrogen) atoms. The van der Waals surface area contributed by atoms with Crippen molar-refractivity contribution in [2.24, 2.45) is 0 Å². The molecule has 3 nitrogen and oxygen atoms in total. The van der Waals surface area contributed by atoms with Crippen molar-refractivity contribution < 1.29 is 13.9 Å². The molecule has 0 saturated heterocycles. The van der Waals surface area contributed by atoms with Crippen molar-refractivity contribution in [1.29, 1.82) is 0 Å². The molecule has 0 amide bonds. The summed E-state index contributed by atoms with van der Waals surface area (Å²) in [6, 6.07) is 6.01. The van der Waals surface area contributed by atoms with E-state index in [9.17, 15) is 4.39 Å². The first kappa shape index (κ1) is 13.4. The first-order valence-electron chi connectivity index (χ1n) is 5.17. The number of benzene rings is 1. The highest BCUT2D eigenvalue weighted by Gasteiger charge is 2.09. The first-order chi connectivity index (χ1) is 8.60. The van der Waals surface area contributed by atoms with Crippen LogP contribution < -0.4 is 5.32 Å². The summed E-state index contributed by atoms with van der Waals surface area (Å²) in [4.78, 5) is 0. The monoisotopic (exact) mass is 333 g/mol. The maximum Gasteiger partial charge on any atom is 0.129 e. The Bertz CT molecular complexity index is 536. The normalized spacial score (nSPS) is 10.7. The van der Waals surface area contributed by atoms with Gasteiger partial charge in [0.25, 0.3) is 0 Å². The van der Waals surface area contributed by atoms with E-state index in [0.29, 0.717) is 28.2 Å². The molecule has 0 bridgehead atoms. The van der Waals surface area contributed by atoms with Crippen molar-refractivity contribution in [3.8, 4) is 0 Å². The van der Waals surface area contributed by atoms with Gasteiger partial charge >= 0.3 is 0 Å². The molecule has 1 aromatic carbocycles. The minimum absolute atomic E-state index is 0.138. The molecule has 0 aliphatic carbocycles. The van der Waals surface area contributed by atoms with E-state index in [1.165, 1.54) is 12.1 Å². The fourth-order valence-corrected chi connectivity index (χ4v) is 2.45. The number of hydrogen-bond donors (Lipinski definition) is 2. The van der Waals surface area contributed by atoms with Crippen molar-refractivity contribution in [2.75, 3.05) is 5.32 Å². The second-order valence-electron chi connectivity index (χ2n) is 3.62. The van der Waals surface area contributed by atoms with Gasteiger partial charge in [0.2, 0.25) is 0 Å². The van der Waals surface area contributed by atoms with Crippen molar-refractivity contribution in [1.82, 2.24) is 0 Å². The summed E-state index contributed by atoms with van der Waals surface area (Å²) in [6.45, 7) is 0.255. The van der Waals surface area contributed by atoms with Crippen molar-refractivity contribution in [3.63, 3.8) is 0 Å². The molecule has 2 N–H and O–H groups in total. The smallest absolute Gasteiger partial charge is 0.129 e. The molecule has 1 aromatic heterocycles. The van der Waals surface area contributed by atoms with Crippen LogP contribution in [-0.2, 0) is 13.2 Å². The van der Waals surface area contributed by atoms with E-state index < -0.39 is 5.82 Å². The van der Waals surface area contributed by atoms with Crippen LogP contribution in [0.3, 0.4) is 0 Å². The van der Waals surface area contributed by atoms with E-state index >= 15 is 0 Å². The minimum atomic E-state index is -0.405. The standard InChI is InChI=1S/C12H10BrClFNO2/c13-10-3-7(15)4-11(14)12(10)16-5-8-1-2-9(6-17)18-8/h1-4,16-17H,5-6H2. The lowest BCUT2D eigenvalue weighted by molar-refractivity contribution is 0.244. The van der Waals surface area contributed by atoms with E-state index in [1.807, 2.05) is 0 Å². The zero-order valence-corrected chi connectivity index (χ0v) is 11.6. The molecular formula is C12H10BrClFNO2. The number of rotatable bonds is 4. The predicted octanol–water partition coefficient (Wildman–Crippen LogP) is 3.94. The zero-order valence-electron chi connectivity index (χ0n) is 9.21. The lowest BCUT2D eigenvalue weighted by Crippen LogP contribution is -2.00. The highest BCUT2D eigenvalue weighted by molar-refractivity contribution is 9.10. The number of furan rings is 1. The van der Waals surface area contributed by atoms with Gasteiger partial charge < -0.3 is 14.8 Å². The van der Waals surface area contributed by atoms with Crippen LogP contribution in [0.5, 0.6) is 0 Å². The van der Waals surface area contributed by atoms with Crippen LogP contribution in [0.2, 0.25) is 5.02 Å². The fourth-order valence-electron chi connectivity index (χ4n) is 1.49. The van der Waals surface area contributed by atoms with E-state index in [1.54, 1.807) is 12.1 Å². The van der Waals surface area contributed by atoms with Gasteiger partial charge in [0.1, 0.15) is 23.9 Å². The molecule has 2 rings (SSSR count). The zero-order chi connectivity index (χ0) is 13.1. The average Bonchev–Trinajstić information content (AvgIpc) is 2.75. The molecule has 0 fully saturated rings. The molecule has 96 valence electrons. The third-order valence-corrected chi connectivity index (χ3v) is 3.24. The van der Waals surface area contributed by atoms with Crippen LogP contribution in [-0.4, -0.2) is 5.11 Å². The topological polar surface area (TPSA) is 45.4 Å². The highest BCUT2D eigenvalue weighted by Crippen LogP contribution is 2.32. The second-order valence-corrected chi connectivity index (χ2v) is 4.89. The second kappa shape index (κ2) is 5.73. The summed E-state index contributed by atoms with van der Waals surface area (Å²) < 4.78 is 18.9. The quantitative estimate of drug-likeness (QED) is 0.890. The van der Waals surface area contributed by atoms with Gasteiger partial charge in [-0.2, -0.15) is 0 Å². The van der Waals surface area contributed by atoms with Crippen molar-refractivity contribution in [2.45, 2.75) is 13.2 Å². The van der Waals surface area contributed by atoms with E-state index in [-0.39, 0.29) is 11.6 Å². The first-order valence-corrected chi connectivity index (χ1v) is 6.34. The Balaban J connectivity index is 2.10. The number of aliphatic hydroxyl groups excluding tert-OH is 1. The van der Waals surface area contributed by atoms with Crippen LogP contribution >= 0.6 is 27.5 Å². The number of halogens is 3. The Morgan fingerprint density at radius 2 is 2.06 bits per heavy atom. The van der Waals surface area contributed by atoms with Gasteiger partial charge in [0, 0.05) is 4.47 Å². The number of nitrogens with one attached hydrogen (secondary N) is 1. The fraction of sp³-hybridized carbons (Fsp3) is 0.167. The molecule has 1 heterocycles. The third kappa shape index (κ3) is 3.04. The highest BCUT2D eigenvalue weighted by atomic mass is 79.9. The molecule has 0 saturated carbocycles. The Labute approximate surface area is 117 Å². The van der Waals surface area contributed by atoms with Gasteiger partial charge in [-0.1, -0.05) is 11.6 Å². The lowest BCUT2D eigenvalue weighted by Gasteiger charge is -2.09. The van der Waals surface area contributed by atoms with Gasteiger partial charge in [0.15, 0.2) is 0 Å². The molecule has 0 aliphatic heterocycles. The van der Waals surface area contributed by atoms with E-state index in [0.717, 1.165) is 0 Å². The largest absolute Gasteiger partial charge is 0.462 e. The summed E-state index contributed by atoms with van der Waals surface area (Å²) in [5.74, 6) is 0.750. The maximum absolute atomic E-state index is 13.0. The summed E-state index contributed by atoms with van der Waals surface area (Å²) >= 11 is 9.16. The summed E-state index contributed by atoms with van der Waals surface area (Å²) in [6.07, 6.45) is 0. The van der Waals surface area contributed by atoms with Crippen LogP contribution in [0, 0.1) is 5.82 Å². The summed E-state index contributed by atoms with van der Waals surface area (Å²) in [5, 5.41) is 12.2.